The molecule has 1 amide bonds. The van der Waals surface area contributed by atoms with E-state index in [1.807, 2.05) is 49.9 Å². The van der Waals surface area contributed by atoms with Crippen LogP contribution in [-0.4, -0.2) is 29.9 Å². The molecule has 0 aromatic heterocycles. The van der Waals surface area contributed by atoms with Gasteiger partial charge in [0, 0.05) is 11.0 Å². The van der Waals surface area contributed by atoms with Gasteiger partial charge in [-0.3, -0.25) is 0 Å². The van der Waals surface area contributed by atoms with Crippen molar-refractivity contribution in [3.8, 4) is 11.5 Å². The largest absolute Gasteiger partial charge is 0.454 e. The molecule has 0 bridgehead atoms. The van der Waals surface area contributed by atoms with Gasteiger partial charge in [0.25, 0.3) is 0 Å². The van der Waals surface area contributed by atoms with Crippen molar-refractivity contribution in [3.05, 3.63) is 57.6 Å². The lowest BCUT2D eigenvalue weighted by atomic mass is 9.88. The van der Waals surface area contributed by atoms with Crippen LogP contribution in [0, 0.1) is 0 Å². The molecule has 2 aromatic rings. The van der Waals surface area contributed by atoms with Crippen LogP contribution in [0.5, 0.6) is 11.5 Å². The number of nitrogens with zero attached hydrogens (tertiary/aromatic N) is 1. The Morgan fingerprint density at radius 1 is 1.21 bits per heavy atom. The molecule has 4 rings (SSSR count). The summed E-state index contributed by atoms with van der Waals surface area (Å²) in [6, 6.07) is 12.1. The van der Waals surface area contributed by atoms with Gasteiger partial charge in [0.2, 0.25) is 6.79 Å². The second kappa shape index (κ2) is 7.32. The highest BCUT2D eigenvalue weighted by molar-refractivity contribution is 9.10. The van der Waals surface area contributed by atoms with E-state index in [-0.39, 0.29) is 18.9 Å². The Labute approximate surface area is 173 Å². The third-order valence-corrected chi connectivity index (χ3v) is 5.76. The van der Waals surface area contributed by atoms with Crippen LogP contribution in [-0.2, 0) is 17.6 Å². The summed E-state index contributed by atoms with van der Waals surface area (Å²) in [6.07, 6.45) is 1.17. The number of hydrogen-bond acceptors (Lipinski definition) is 4. The highest BCUT2D eigenvalue weighted by Gasteiger charge is 2.35. The molecule has 0 spiro atoms. The van der Waals surface area contributed by atoms with Crippen LogP contribution in [0.4, 0.5) is 4.79 Å². The summed E-state index contributed by atoms with van der Waals surface area (Å²) in [4.78, 5) is 14.8. The first kappa shape index (κ1) is 19.1. The Kier molecular flexibility index (Phi) is 5.00. The minimum Gasteiger partial charge on any atom is -0.454 e. The SMILES string of the molecule is CC(C)(C)OC(=O)N1CCc2cc3c(cc2C1Cc1ccccc1Br)OCO3. The van der Waals surface area contributed by atoms with Gasteiger partial charge >= 0.3 is 6.09 Å². The Bertz CT molecular complexity index is 906. The van der Waals surface area contributed by atoms with Gasteiger partial charge < -0.3 is 19.1 Å². The van der Waals surface area contributed by atoms with Gasteiger partial charge in [-0.25, -0.2) is 4.79 Å². The highest BCUT2D eigenvalue weighted by Crippen LogP contribution is 2.42. The van der Waals surface area contributed by atoms with Crippen molar-refractivity contribution >= 4 is 22.0 Å². The van der Waals surface area contributed by atoms with Crippen molar-refractivity contribution in [1.82, 2.24) is 4.90 Å². The molecule has 2 aliphatic heterocycles. The van der Waals surface area contributed by atoms with Crippen LogP contribution in [0.3, 0.4) is 0 Å². The van der Waals surface area contributed by atoms with E-state index >= 15 is 0 Å². The Hall–Kier alpha value is -2.21. The lowest BCUT2D eigenvalue weighted by Gasteiger charge is -2.38. The number of halogens is 1. The maximum Gasteiger partial charge on any atom is 0.410 e. The summed E-state index contributed by atoms with van der Waals surface area (Å²) in [5.74, 6) is 1.52. The Morgan fingerprint density at radius 2 is 1.93 bits per heavy atom. The number of rotatable bonds is 2. The molecular formula is C22H24BrNO4. The van der Waals surface area contributed by atoms with Crippen molar-refractivity contribution in [3.63, 3.8) is 0 Å². The maximum absolute atomic E-state index is 13.0. The van der Waals surface area contributed by atoms with Gasteiger partial charge in [-0.1, -0.05) is 34.1 Å². The zero-order chi connectivity index (χ0) is 19.9. The van der Waals surface area contributed by atoms with E-state index in [1.165, 1.54) is 5.56 Å². The first-order valence-corrected chi connectivity index (χ1v) is 10.3. The van der Waals surface area contributed by atoms with E-state index in [1.54, 1.807) is 0 Å². The van der Waals surface area contributed by atoms with Gasteiger partial charge in [0.1, 0.15) is 5.60 Å². The summed E-state index contributed by atoms with van der Waals surface area (Å²) >= 11 is 3.64. The van der Waals surface area contributed by atoms with Crippen molar-refractivity contribution in [1.29, 1.82) is 0 Å². The number of ether oxygens (including phenoxy) is 3. The molecule has 2 heterocycles. The average Bonchev–Trinajstić information content (AvgIpc) is 3.08. The number of carbonyl (C=O) groups excluding carboxylic acids is 1. The van der Waals surface area contributed by atoms with Crippen LogP contribution in [0.1, 0.15) is 43.5 Å². The molecule has 5 nitrogen and oxygen atoms in total. The number of fused-ring (bicyclic) bond motifs is 2. The Balaban J connectivity index is 1.73. The highest BCUT2D eigenvalue weighted by atomic mass is 79.9. The average molecular weight is 446 g/mol. The maximum atomic E-state index is 13.0. The first-order chi connectivity index (χ1) is 13.3. The quantitative estimate of drug-likeness (QED) is 0.632. The summed E-state index contributed by atoms with van der Waals surface area (Å²) in [6.45, 7) is 6.52. The summed E-state index contributed by atoms with van der Waals surface area (Å²) in [5, 5.41) is 0. The predicted octanol–water partition coefficient (Wildman–Crippen LogP) is 5.25. The van der Waals surface area contributed by atoms with Gasteiger partial charge in [-0.05, 0) is 68.5 Å². The number of benzene rings is 2. The first-order valence-electron chi connectivity index (χ1n) is 9.47. The van der Waals surface area contributed by atoms with E-state index in [0.717, 1.165) is 33.5 Å². The lowest BCUT2D eigenvalue weighted by molar-refractivity contribution is 0.0141. The second-order valence-corrected chi connectivity index (χ2v) is 8.99. The molecule has 2 aliphatic rings. The fraction of sp³-hybridized carbons (Fsp3) is 0.409. The van der Waals surface area contributed by atoms with Crippen LogP contribution in [0.15, 0.2) is 40.9 Å². The molecular weight excluding hydrogens is 422 g/mol. The molecule has 2 aromatic carbocycles. The molecule has 28 heavy (non-hydrogen) atoms. The molecule has 0 saturated carbocycles. The van der Waals surface area contributed by atoms with Gasteiger partial charge in [-0.15, -0.1) is 0 Å². The van der Waals surface area contributed by atoms with E-state index in [0.29, 0.717) is 13.0 Å². The van der Waals surface area contributed by atoms with E-state index in [4.69, 9.17) is 14.2 Å². The molecule has 0 saturated heterocycles. The van der Waals surface area contributed by atoms with Crippen molar-refractivity contribution in [2.75, 3.05) is 13.3 Å². The van der Waals surface area contributed by atoms with Gasteiger partial charge in [0.05, 0.1) is 6.04 Å². The molecule has 0 radical (unpaired) electrons. The van der Waals surface area contributed by atoms with Crippen molar-refractivity contribution < 1.29 is 19.0 Å². The molecule has 148 valence electrons. The standard InChI is InChI=1S/C22H24BrNO4/c1-22(2,3)28-21(25)24-9-8-14-11-19-20(27-13-26-19)12-16(14)18(24)10-15-6-4-5-7-17(15)23/h4-7,11-12,18H,8-10,13H2,1-3H3. The van der Waals surface area contributed by atoms with Gasteiger partial charge in [0.15, 0.2) is 11.5 Å². The zero-order valence-electron chi connectivity index (χ0n) is 16.3. The fourth-order valence-electron chi connectivity index (χ4n) is 3.72. The van der Waals surface area contributed by atoms with Crippen molar-refractivity contribution in [2.24, 2.45) is 0 Å². The third-order valence-electron chi connectivity index (χ3n) is 4.99. The predicted molar refractivity (Wildman–Crippen MR) is 110 cm³/mol. The summed E-state index contributed by atoms with van der Waals surface area (Å²) in [5.41, 5.74) is 2.90. The molecule has 1 atom stereocenters. The van der Waals surface area contributed by atoms with Crippen LogP contribution in [0.2, 0.25) is 0 Å². The van der Waals surface area contributed by atoms with Gasteiger partial charge in [-0.2, -0.15) is 0 Å². The number of hydrogen-bond donors (Lipinski definition) is 0. The molecule has 0 fully saturated rings. The summed E-state index contributed by atoms with van der Waals surface area (Å²) in [7, 11) is 0. The third kappa shape index (κ3) is 3.83. The normalized spacial score (nSPS) is 18.0. The van der Waals surface area contributed by atoms with E-state index < -0.39 is 5.60 Å². The number of amides is 1. The second-order valence-electron chi connectivity index (χ2n) is 8.14. The van der Waals surface area contributed by atoms with Crippen LogP contribution < -0.4 is 9.47 Å². The monoisotopic (exact) mass is 445 g/mol. The lowest BCUT2D eigenvalue weighted by Crippen LogP contribution is -2.43. The van der Waals surface area contributed by atoms with Crippen molar-refractivity contribution in [2.45, 2.75) is 45.3 Å². The smallest absolute Gasteiger partial charge is 0.410 e. The molecule has 0 N–H and O–H groups in total. The van der Waals surface area contributed by atoms with Crippen LogP contribution in [0.25, 0.3) is 0 Å². The molecule has 6 heteroatoms. The minimum absolute atomic E-state index is 0.133. The molecule has 1 unspecified atom stereocenters. The topological polar surface area (TPSA) is 48.0 Å². The van der Waals surface area contributed by atoms with Crippen LogP contribution >= 0.6 is 15.9 Å². The summed E-state index contributed by atoms with van der Waals surface area (Å²) < 4.78 is 17.9. The fourth-order valence-corrected chi connectivity index (χ4v) is 4.17. The molecule has 0 aliphatic carbocycles. The van der Waals surface area contributed by atoms with E-state index in [2.05, 4.69) is 28.1 Å². The minimum atomic E-state index is -0.538. The number of carbonyl (C=O) groups is 1. The van der Waals surface area contributed by atoms with E-state index in [9.17, 15) is 4.79 Å². The Morgan fingerprint density at radius 3 is 2.64 bits per heavy atom. The zero-order valence-corrected chi connectivity index (χ0v) is 17.9.